The topological polar surface area (TPSA) is 21.3 Å². The van der Waals surface area contributed by atoms with E-state index in [0.29, 0.717) is 6.61 Å². The predicted octanol–water partition coefficient (Wildman–Crippen LogP) is 3.90. The van der Waals surface area contributed by atoms with E-state index >= 15 is 0 Å². The van der Waals surface area contributed by atoms with Crippen LogP contribution in [0.5, 0.6) is 5.75 Å². The Bertz CT molecular complexity index is 560. The normalized spacial score (nSPS) is 11.3. The number of nitrogens with one attached hydrogen (secondary N) is 1. The van der Waals surface area contributed by atoms with E-state index in [1.165, 1.54) is 16.3 Å². The fourth-order valence-electron chi connectivity index (χ4n) is 2.12. The van der Waals surface area contributed by atoms with Crippen molar-refractivity contribution < 1.29 is 4.74 Å². The number of hydrogen-bond acceptors (Lipinski definition) is 2. The van der Waals surface area contributed by atoms with Crippen LogP contribution in [0.2, 0.25) is 0 Å². The van der Waals surface area contributed by atoms with Crippen molar-refractivity contribution in [3.8, 4) is 5.75 Å². The highest BCUT2D eigenvalue weighted by Gasteiger charge is 2.07. The van der Waals surface area contributed by atoms with Gasteiger partial charge in [0.05, 0.1) is 0 Å². The third-order valence-electron chi connectivity index (χ3n) is 3.12. The van der Waals surface area contributed by atoms with Crippen LogP contribution in [-0.4, -0.2) is 13.2 Å². The molecule has 0 saturated heterocycles. The maximum absolute atomic E-state index is 5.86. The third-order valence-corrected chi connectivity index (χ3v) is 3.12. The van der Waals surface area contributed by atoms with Crippen molar-refractivity contribution in [1.29, 1.82) is 0 Å². The molecule has 0 atom stereocenters. The maximum atomic E-state index is 5.86. The third kappa shape index (κ3) is 3.36. The molecule has 0 heterocycles. The average Bonchev–Trinajstić information content (AvgIpc) is 2.46. The monoisotopic (exact) mass is 255 g/mol. The first-order chi connectivity index (χ1) is 9.36. The van der Waals surface area contributed by atoms with E-state index in [9.17, 15) is 0 Å². The number of hydrogen-bond donors (Lipinski definition) is 1. The Kier molecular flexibility index (Phi) is 4.99. The zero-order chi connectivity index (χ0) is 13.5. The van der Waals surface area contributed by atoms with Gasteiger partial charge in [0.2, 0.25) is 0 Å². The molecule has 0 bridgehead atoms. The van der Waals surface area contributed by atoms with Gasteiger partial charge < -0.3 is 10.1 Å². The molecule has 0 amide bonds. The molecule has 19 heavy (non-hydrogen) atoms. The number of benzene rings is 2. The van der Waals surface area contributed by atoms with Gasteiger partial charge in [-0.1, -0.05) is 49.4 Å². The minimum absolute atomic E-state index is 0.619. The highest BCUT2D eigenvalue weighted by atomic mass is 16.5. The summed E-state index contributed by atoms with van der Waals surface area (Å²) in [5.74, 6) is 0.970. The predicted molar refractivity (Wildman–Crippen MR) is 81.6 cm³/mol. The van der Waals surface area contributed by atoms with Gasteiger partial charge in [-0.15, -0.1) is 0 Å². The lowest BCUT2D eigenvalue weighted by molar-refractivity contribution is 0.358. The summed E-state index contributed by atoms with van der Waals surface area (Å²) in [4.78, 5) is 0. The summed E-state index contributed by atoms with van der Waals surface area (Å²) in [6, 6.07) is 12.6. The molecular formula is C17H21NO. The minimum Gasteiger partial charge on any atom is -0.489 e. The van der Waals surface area contributed by atoms with Gasteiger partial charge >= 0.3 is 0 Å². The first-order valence-corrected chi connectivity index (χ1v) is 6.82. The van der Waals surface area contributed by atoms with Gasteiger partial charge in [0.1, 0.15) is 12.4 Å². The van der Waals surface area contributed by atoms with E-state index in [-0.39, 0.29) is 0 Å². The maximum Gasteiger partial charge on any atom is 0.124 e. The van der Waals surface area contributed by atoms with Crippen LogP contribution in [-0.2, 0) is 6.54 Å². The quantitative estimate of drug-likeness (QED) is 0.790. The molecule has 0 aliphatic carbocycles. The van der Waals surface area contributed by atoms with Crippen molar-refractivity contribution in [2.24, 2.45) is 0 Å². The molecule has 2 aromatic carbocycles. The Morgan fingerprint density at radius 2 is 2.00 bits per heavy atom. The van der Waals surface area contributed by atoms with Crippen molar-refractivity contribution in [1.82, 2.24) is 5.32 Å². The van der Waals surface area contributed by atoms with Gasteiger partial charge in [0.25, 0.3) is 0 Å². The van der Waals surface area contributed by atoms with Crippen molar-refractivity contribution in [2.45, 2.75) is 20.4 Å². The SMILES string of the molecule is C/C=C/COc1ccc2ccccc2c1CNCC. The molecular weight excluding hydrogens is 234 g/mol. The van der Waals surface area contributed by atoms with Crippen molar-refractivity contribution in [2.75, 3.05) is 13.2 Å². The average molecular weight is 255 g/mol. The summed E-state index contributed by atoms with van der Waals surface area (Å²) >= 11 is 0. The second kappa shape index (κ2) is 6.95. The molecule has 2 rings (SSSR count). The fraction of sp³-hybridized carbons (Fsp3) is 0.294. The summed E-state index contributed by atoms with van der Waals surface area (Å²) in [5, 5.41) is 5.91. The van der Waals surface area contributed by atoms with Crippen LogP contribution in [0.3, 0.4) is 0 Å². The van der Waals surface area contributed by atoms with Crippen LogP contribution >= 0.6 is 0 Å². The zero-order valence-electron chi connectivity index (χ0n) is 11.6. The molecule has 100 valence electrons. The molecule has 0 aliphatic heterocycles. The smallest absolute Gasteiger partial charge is 0.124 e. The Morgan fingerprint density at radius 3 is 2.79 bits per heavy atom. The molecule has 1 N–H and O–H groups in total. The van der Waals surface area contributed by atoms with E-state index in [2.05, 4.69) is 48.6 Å². The van der Waals surface area contributed by atoms with Crippen molar-refractivity contribution >= 4 is 10.8 Å². The van der Waals surface area contributed by atoms with Gasteiger partial charge in [0, 0.05) is 12.1 Å². The molecule has 2 heteroatoms. The Balaban J connectivity index is 2.37. The van der Waals surface area contributed by atoms with E-state index in [1.807, 2.05) is 19.1 Å². The highest BCUT2D eigenvalue weighted by molar-refractivity contribution is 5.87. The lowest BCUT2D eigenvalue weighted by Gasteiger charge is -2.13. The number of ether oxygens (including phenoxy) is 1. The van der Waals surface area contributed by atoms with Gasteiger partial charge in [-0.2, -0.15) is 0 Å². The van der Waals surface area contributed by atoms with E-state index in [4.69, 9.17) is 4.74 Å². The first kappa shape index (κ1) is 13.6. The van der Waals surface area contributed by atoms with Crippen LogP contribution in [0.1, 0.15) is 19.4 Å². The van der Waals surface area contributed by atoms with Crippen LogP contribution in [0.25, 0.3) is 10.8 Å². The lowest BCUT2D eigenvalue weighted by Crippen LogP contribution is -2.13. The largest absolute Gasteiger partial charge is 0.489 e. The summed E-state index contributed by atoms with van der Waals surface area (Å²) in [6.45, 7) is 6.53. The molecule has 0 spiro atoms. The van der Waals surface area contributed by atoms with Crippen LogP contribution in [0, 0.1) is 0 Å². The molecule has 2 nitrogen and oxygen atoms in total. The second-order valence-electron chi connectivity index (χ2n) is 4.42. The number of fused-ring (bicyclic) bond motifs is 1. The highest BCUT2D eigenvalue weighted by Crippen LogP contribution is 2.28. The Morgan fingerprint density at radius 1 is 1.16 bits per heavy atom. The summed E-state index contributed by atoms with van der Waals surface area (Å²) in [6.07, 6.45) is 4.03. The Labute approximate surface area is 115 Å². The van der Waals surface area contributed by atoms with Crippen LogP contribution < -0.4 is 10.1 Å². The van der Waals surface area contributed by atoms with Gasteiger partial charge in [0.15, 0.2) is 0 Å². The minimum atomic E-state index is 0.619. The fourth-order valence-corrected chi connectivity index (χ4v) is 2.12. The molecule has 0 saturated carbocycles. The molecule has 0 radical (unpaired) electrons. The van der Waals surface area contributed by atoms with E-state index in [1.54, 1.807) is 0 Å². The van der Waals surface area contributed by atoms with Gasteiger partial charge in [-0.05, 0) is 30.3 Å². The number of rotatable bonds is 6. The van der Waals surface area contributed by atoms with Crippen molar-refractivity contribution in [3.05, 3.63) is 54.1 Å². The van der Waals surface area contributed by atoms with Gasteiger partial charge in [-0.25, -0.2) is 0 Å². The van der Waals surface area contributed by atoms with E-state index in [0.717, 1.165) is 18.8 Å². The van der Waals surface area contributed by atoms with E-state index < -0.39 is 0 Å². The Hall–Kier alpha value is -1.80. The molecule has 0 fully saturated rings. The lowest BCUT2D eigenvalue weighted by atomic mass is 10.0. The molecule has 2 aromatic rings. The van der Waals surface area contributed by atoms with Crippen molar-refractivity contribution in [3.63, 3.8) is 0 Å². The molecule has 0 unspecified atom stereocenters. The zero-order valence-corrected chi connectivity index (χ0v) is 11.6. The van der Waals surface area contributed by atoms with Gasteiger partial charge in [-0.3, -0.25) is 0 Å². The van der Waals surface area contributed by atoms with Crippen LogP contribution in [0.15, 0.2) is 48.6 Å². The summed E-state index contributed by atoms with van der Waals surface area (Å²) in [5.41, 5.74) is 1.24. The summed E-state index contributed by atoms with van der Waals surface area (Å²) in [7, 11) is 0. The number of allylic oxidation sites excluding steroid dienone is 1. The summed E-state index contributed by atoms with van der Waals surface area (Å²) < 4.78 is 5.86. The molecule has 0 aromatic heterocycles. The van der Waals surface area contributed by atoms with Crippen LogP contribution in [0.4, 0.5) is 0 Å². The standard InChI is InChI=1S/C17H21NO/c1-3-5-12-19-17-11-10-14-8-6-7-9-15(14)16(17)13-18-4-2/h3,5-11,18H,4,12-13H2,1-2H3/b5-3+. The second-order valence-corrected chi connectivity index (χ2v) is 4.42. The molecule has 0 aliphatic rings. The first-order valence-electron chi connectivity index (χ1n) is 6.82.